The summed E-state index contributed by atoms with van der Waals surface area (Å²) < 4.78 is 5.04. The zero-order valence-electron chi connectivity index (χ0n) is 20.9. The van der Waals surface area contributed by atoms with Gasteiger partial charge in [0, 0.05) is 5.75 Å². The van der Waals surface area contributed by atoms with Gasteiger partial charge in [0.1, 0.15) is 24.2 Å². The van der Waals surface area contributed by atoms with E-state index in [1.54, 1.807) is 20.8 Å². The molecule has 8 N–H and O–H groups in total. The van der Waals surface area contributed by atoms with E-state index in [0.29, 0.717) is 0 Å². The van der Waals surface area contributed by atoms with Crippen LogP contribution in [0, 0.1) is 0 Å². The molecule has 17 nitrogen and oxygen atoms in total. The molecule has 0 aliphatic carbocycles. The van der Waals surface area contributed by atoms with Crippen LogP contribution in [-0.2, 0) is 38.3 Å². The number of alkyl carbamates (subject to hydrolysis) is 1. The Labute approximate surface area is 222 Å². The predicted octanol–water partition coefficient (Wildman–Crippen LogP) is -3.68. The van der Waals surface area contributed by atoms with Gasteiger partial charge in [0.2, 0.25) is 29.5 Å². The lowest BCUT2D eigenvalue weighted by Gasteiger charge is -2.22. The summed E-state index contributed by atoms with van der Waals surface area (Å²) in [6, 6.07) is -2.69. The highest BCUT2D eigenvalue weighted by Crippen LogP contribution is 2.07. The molecule has 214 valence electrons. The first kappa shape index (κ1) is 33.9. The molecule has 2 atom stereocenters. The van der Waals surface area contributed by atoms with Crippen molar-refractivity contribution in [2.45, 2.75) is 44.9 Å². The van der Waals surface area contributed by atoms with E-state index in [9.17, 15) is 38.4 Å². The lowest BCUT2D eigenvalue weighted by molar-refractivity contribution is -0.141. The van der Waals surface area contributed by atoms with Gasteiger partial charge >= 0.3 is 18.0 Å². The fourth-order valence-corrected chi connectivity index (χ4v) is 2.59. The normalized spacial score (nSPS) is 12.1. The number of thiol groups is 1. The summed E-state index contributed by atoms with van der Waals surface area (Å²) in [5.74, 6) is -7.26. The van der Waals surface area contributed by atoms with Crippen LogP contribution in [0.25, 0.3) is 0 Å². The lowest BCUT2D eigenvalue weighted by Crippen LogP contribution is -2.52. The summed E-state index contributed by atoms with van der Waals surface area (Å²) in [5, 5.41) is 30.2. The minimum absolute atomic E-state index is 0.0916. The highest BCUT2D eigenvalue weighted by molar-refractivity contribution is 7.80. The van der Waals surface area contributed by atoms with Crippen molar-refractivity contribution in [1.29, 1.82) is 0 Å². The number of carbonyl (C=O) groups excluding carboxylic acids is 6. The molecule has 0 aromatic rings. The first-order valence-corrected chi connectivity index (χ1v) is 11.6. The van der Waals surface area contributed by atoms with Crippen LogP contribution in [0.15, 0.2) is 0 Å². The van der Waals surface area contributed by atoms with Crippen molar-refractivity contribution in [3.8, 4) is 0 Å². The molecule has 6 amide bonds. The van der Waals surface area contributed by atoms with Gasteiger partial charge in [0.05, 0.1) is 26.1 Å². The van der Waals surface area contributed by atoms with E-state index in [1.165, 1.54) is 0 Å². The molecule has 0 rings (SSSR count). The van der Waals surface area contributed by atoms with E-state index in [1.807, 2.05) is 10.6 Å². The standard InChI is InChI=1S/C20H32N6O11S/c1-20(2,3)37-19(36)26-11(9-38)18(35)23-6-13(28)21-5-12(27)22-7-14(29)25-10(4-15(30)31)17(34)24-8-16(32)33/h10-11,38H,4-9H2,1-3H3,(H,21,28)(H,22,27)(H,23,35)(H,24,34)(H,25,29)(H,26,36)(H,30,31)(H,32,33). The Kier molecular flexibility index (Phi) is 14.8. The number of ether oxygens (including phenoxy) is 1. The largest absolute Gasteiger partial charge is 0.481 e. The van der Waals surface area contributed by atoms with Crippen LogP contribution < -0.4 is 31.9 Å². The van der Waals surface area contributed by atoms with E-state index in [4.69, 9.17) is 14.9 Å². The zero-order valence-corrected chi connectivity index (χ0v) is 21.8. The molecular weight excluding hydrogens is 532 g/mol. The van der Waals surface area contributed by atoms with Crippen LogP contribution in [0.2, 0.25) is 0 Å². The van der Waals surface area contributed by atoms with E-state index >= 15 is 0 Å². The summed E-state index contributed by atoms with van der Waals surface area (Å²) in [6.45, 7) is 2.28. The number of aliphatic carboxylic acids is 2. The van der Waals surface area contributed by atoms with Gasteiger partial charge in [-0.1, -0.05) is 0 Å². The Bertz CT molecular complexity index is 922. The Morgan fingerprint density at radius 3 is 1.63 bits per heavy atom. The monoisotopic (exact) mass is 564 g/mol. The number of carboxylic acid groups (broad SMARTS) is 2. The van der Waals surface area contributed by atoms with Crippen molar-refractivity contribution < 1.29 is 53.3 Å². The molecule has 0 radical (unpaired) electrons. The van der Waals surface area contributed by atoms with Crippen LogP contribution in [0.5, 0.6) is 0 Å². The molecule has 38 heavy (non-hydrogen) atoms. The summed E-state index contributed by atoms with van der Waals surface area (Å²) in [6.07, 6.45) is -1.69. The molecule has 0 aliphatic rings. The van der Waals surface area contributed by atoms with Crippen LogP contribution in [0.3, 0.4) is 0 Å². The van der Waals surface area contributed by atoms with Crippen molar-refractivity contribution in [2.24, 2.45) is 0 Å². The Morgan fingerprint density at radius 1 is 0.684 bits per heavy atom. The second-order valence-corrected chi connectivity index (χ2v) is 8.85. The van der Waals surface area contributed by atoms with Crippen molar-refractivity contribution in [2.75, 3.05) is 31.9 Å². The molecule has 2 unspecified atom stereocenters. The maximum absolute atomic E-state index is 12.1. The molecule has 0 spiro atoms. The summed E-state index contributed by atoms with van der Waals surface area (Å²) in [4.78, 5) is 92.9. The number of carbonyl (C=O) groups is 8. The van der Waals surface area contributed by atoms with Crippen LogP contribution in [-0.4, -0.2) is 107 Å². The van der Waals surface area contributed by atoms with Gasteiger partial charge in [0.15, 0.2) is 0 Å². The van der Waals surface area contributed by atoms with Crippen LogP contribution in [0.1, 0.15) is 27.2 Å². The van der Waals surface area contributed by atoms with Gasteiger partial charge in [0.25, 0.3) is 0 Å². The van der Waals surface area contributed by atoms with Gasteiger partial charge in [-0.05, 0) is 20.8 Å². The average Bonchev–Trinajstić information content (AvgIpc) is 2.79. The number of hydrogen-bond acceptors (Lipinski definition) is 10. The Hall–Kier alpha value is -4.09. The van der Waals surface area contributed by atoms with Gasteiger partial charge in [-0.2, -0.15) is 12.6 Å². The summed E-state index contributed by atoms with van der Waals surface area (Å²) in [5.41, 5.74) is -0.792. The molecule has 0 aliphatic heterocycles. The van der Waals surface area contributed by atoms with Crippen molar-refractivity contribution in [3.05, 3.63) is 0 Å². The van der Waals surface area contributed by atoms with Gasteiger partial charge in [-0.3, -0.25) is 33.6 Å². The number of carboxylic acids is 2. The topological polar surface area (TPSA) is 258 Å². The maximum atomic E-state index is 12.1. The van der Waals surface area contributed by atoms with Gasteiger partial charge in [-0.25, -0.2) is 4.79 Å². The second kappa shape index (κ2) is 16.6. The fourth-order valence-electron chi connectivity index (χ4n) is 2.33. The van der Waals surface area contributed by atoms with Crippen molar-refractivity contribution in [1.82, 2.24) is 31.9 Å². The molecule has 18 heteroatoms. The smallest absolute Gasteiger partial charge is 0.408 e. The molecule has 0 bridgehead atoms. The first-order valence-electron chi connectivity index (χ1n) is 11.0. The van der Waals surface area contributed by atoms with Crippen LogP contribution in [0.4, 0.5) is 4.79 Å². The number of hydrogen-bond donors (Lipinski definition) is 9. The highest BCUT2D eigenvalue weighted by Gasteiger charge is 2.25. The quantitative estimate of drug-likeness (QED) is 0.0875. The van der Waals surface area contributed by atoms with Crippen molar-refractivity contribution in [3.63, 3.8) is 0 Å². The molecular formula is C20H32N6O11S. The van der Waals surface area contributed by atoms with Crippen LogP contribution >= 0.6 is 12.6 Å². The minimum atomic E-state index is -1.59. The molecule has 0 saturated carbocycles. The summed E-state index contributed by atoms with van der Waals surface area (Å²) in [7, 11) is 0. The SMILES string of the molecule is CC(C)(C)OC(=O)NC(CS)C(=O)NCC(=O)NCC(=O)NCC(=O)NC(CC(=O)O)C(=O)NCC(=O)O. The van der Waals surface area contributed by atoms with E-state index in [0.717, 1.165) is 0 Å². The lowest BCUT2D eigenvalue weighted by atomic mass is 10.2. The number of nitrogens with one attached hydrogen (secondary N) is 6. The third-order valence-corrected chi connectivity index (χ3v) is 4.31. The Morgan fingerprint density at radius 2 is 1.16 bits per heavy atom. The van der Waals surface area contributed by atoms with E-state index in [-0.39, 0.29) is 5.75 Å². The maximum Gasteiger partial charge on any atom is 0.408 e. The minimum Gasteiger partial charge on any atom is -0.481 e. The number of rotatable bonds is 15. The van der Waals surface area contributed by atoms with Gasteiger partial charge < -0.3 is 46.9 Å². The summed E-state index contributed by atoms with van der Waals surface area (Å²) >= 11 is 3.97. The molecule has 0 aromatic heterocycles. The average molecular weight is 565 g/mol. The van der Waals surface area contributed by atoms with E-state index in [2.05, 4.69) is 33.9 Å². The Balaban J connectivity index is 4.49. The van der Waals surface area contributed by atoms with Gasteiger partial charge in [-0.15, -0.1) is 0 Å². The molecule has 0 aromatic carbocycles. The van der Waals surface area contributed by atoms with E-state index < -0.39 is 97.9 Å². The zero-order chi connectivity index (χ0) is 29.5. The molecule has 0 fully saturated rings. The third kappa shape index (κ3) is 16.6. The molecule has 0 heterocycles. The predicted molar refractivity (Wildman–Crippen MR) is 131 cm³/mol. The highest BCUT2D eigenvalue weighted by atomic mass is 32.1. The second-order valence-electron chi connectivity index (χ2n) is 8.48. The fraction of sp³-hybridized carbons (Fsp3) is 0.600. The van der Waals surface area contributed by atoms with Crippen molar-refractivity contribution >= 4 is 60.2 Å². The first-order chi connectivity index (χ1) is 17.5. The third-order valence-electron chi connectivity index (χ3n) is 3.95. The number of amides is 6. The molecule has 0 saturated heterocycles.